The van der Waals surface area contributed by atoms with Crippen molar-refractivity contribution in [2.75, 3.05) is 11.5 Å². The summed E-state index contributed by atoms with van der Waals surface area (Å²) in [6, 6.07) is 1.90. The molecule has 1 aromatic carbocycles. The molecule has 1 atom stereocenters. The minimum Gasteiger partial charge on any atom is -0.387 e. The predicted molar refractivity (Wildman–Crippen MR) is 63.4 cm³/mol. The molecule has 1 nitrogen and oxygen atoms in total. The third kappa shape index (κ3) is 3.92. The molecule has 0 saturated carbocycles. The molecule has 0 aliphatic heterocycles. The number of halogens is 3. The number of hydrogen-bond donors (Lipinski definition) is 1. The van der Waals surface area contributed by atoms with Crippen LogP contribution in [0.3, 0.4) is 0 Å². The monoisotopic (exact) mass is 264 g/mol. The van der Waals surface area contributed by atoms with Crippen LogP contribution in [0.25, 0.3) is 0 Å². The second-order valence-electron chi connectivity index (χ2n) is 4.21. The average Bonchev–Trinajstić information content (AvgIpc) is 2.25. The molecule has 1 rings (SSSR count). The number of aliphatic hydroxyl groups excluding tert-OH is 1. The number of aliphatic hydroxyl groups is 1. The summed E-state index contributed by atoms with van der Waals surface area (Å²) in [4.78, 5) is 0. The summed E-state index contributed by atoms with van der Waals surface area (Å²) in [5.74, 6) is -2.53. The normalized spacial score (nSPS) is 13.1. The van der Waals surface area contributed by atoms with Gasteiger partial charge < -0.3 is 5.11 Å². The first-order chi connectivity index (χ1) is 7.93. The van der Waals surface area contributed by atoms with Gasteiger partial charge in [-0.05, 0) is 17.7 Å². The topological polar surface area (TPSA) is 20.2 Å². The van der Waals surface area contributed by atoms with Gasteiger partial charge in [-0.3, -0.25) is 0 Å². The van der Waals surface area contributed by atoms with Crippen LogP contribution in [-0.4, -0.2) is 16.6 Å². The smallest absolute Gasteiger partial charge is 0.194 e. The lowest BCUT2D eigenvalue weighted by Gasteiger charge is -2.13. The molecule has 17 heavy (non-hydrogen) atoms. The summed E-state index contributed by atoms with van der Waals surface area (Å²) in [5, 5.41) is 9.68. The third-order valence-corrected chi connectivity index (χ3v) is 3.60. The van der Waals surface area contributed by atoms with E-state index in [1.165, 1.54) is 11.8 Å². The van der Waals surface area contributed by atoms with Crippen molar-refractivity contribution >= 4 is 11.8 Å². The van der Waals surface area contributed by atoms with Crippen molar-refractivity contribution in [2.45, 2.75) is 20.0 Å². The van der Waals surface area contributed by atoms with E-state index in [9.17, 15) is 18.3 Å². The van der Waals surface area contributed by atoms with Gasteiger partial charge >= 0.3 is 0 Å². The Morgan fingerprint density at radius 3 is 2.35 bits per heavy atom. The Bertz CT molecular complexity index is 382. The van der Waals surface area contributed by atoms with Gasteiger partial charge in [0.15, 0.2) is 17.5 Å². The van der Waals surface area contributed by atoms with Gasteiger partial charge in [0.25, 0.3) is 0 Å². The van der Waals surface area contributed by atoms with E-state index in [2.05, 4.69) is 0 Å². The zero-order valence-electron chi connectivity index (χ0n) is 9.71. The van der Waals surface area contributed by atoms with Gasteiger partial charge in [0.05, 0.1) is 6.10 Å². The Labute approximate surface area is 103 Å². The minimum absolute atomic E-state index is 0.194. The minimum atomic E-state index is -1.53. The van der Waals surface area contributed by atoms with Gasteiger partial charge in [0.1, 0.15) is 0 Å². The first kappa shape index (κ1) is 14.4. The first-order valence-corrected chi connectivity index (χ1v) is 6.48. The Morgan fingerprint density at radius 2 is 1.76 bits per heavy atom. The van der Waals surface area contributed by atoms with E-state index in [1.807, 2.05) is 13.8 Å². The van der Waals surface area contributed by atoms with Gasteiger partial charge in [-0.1, -0.05) is 19.9 Å². The molecule has 0 radical (unpaired) electrons. The summed E-state index contributed by atoms with van der Waals surface area (Å²) in [5.41, 5.74) is -0.194. The number of rotatable bonds is 5. The van der Waals surface area contributed by atoms with E-state index in [4.69, 9.17) is 0 Å². The van der Waals surface area contributed by atoms with Crippen molar-refractivity contribution in [1.29, 1.82) is 0 Å². The molecule has 0 aromatic heterocycles. The van der Waals surface area contributed by atoms with Crippen LogP contribution in [0.4, 0.5) is 13.2 Å². The summed E-state index contributed by atoms with van der Waals surface area (Å²) in [7, 11) is 0. The molecule has 0 aliphatic rings. The van der Waals surface area contributed by atoms with Crippen LogP contribution in [0, 0.1) is 23.4 Å². The van der Waals surface area contributed by atoms with Crippen LogP contribution < -0.4 is 0 Å². The molecule has 1 N–H and O–H groups in total. The largest absolute Gasteiger partial charge is 0.387 e. The van der Waals surface area contributed by atoms with Crippen LogP contribution >= 0.6 is 11.8 Å². The van der Waals surface area contributed by atoms with Crippen molar-refractivity contribution < 1.29 is 18.3 Å². The van der Waals surface area contributed by atoms with Crippen molar-refractivity contribution in [3.8, 4) is 0 Å². The molecule has 0 saturated heterocycles. The molecule has 0 fully saturated rings. The average molecular weight is 264 g/mol. The number of hydrogen-bond acceptors (Lipinski definition) is 2. The van der Waals surface area contributed by atoms with E-state index in [0.29, 0.717) is 5.92 Å². The highest BCUT2D eigenvalue weighted by Crippen LogP contribution is 2.24. The molecule has 1 aromatic rings. The lowest BCUT2D eigenvalue weighted by atomic mass is 10.1. The molecule has 0 aliphatic carbocycles. The Hall–Kier alpha value is -0.680. The fourth-order valence-corrected chi connectivity index (χ4v) is 2.31. The summed E-state index contributed by atoms with van der Waals surface area (Å²) in [6.45, 7) is 4.05. The standard InChI is InChI=1S/C12H15F3OS/c1-7(2)5-17-6-10(16)8-3-4-9(13)12(15)11(8)14/h3-4,7,10,16H,5-6H2,1-2H3. The van der Waals surface area contributed by atoms with E-state index in [-0.39, 0.29) is 11.3 Å². The van der Waals surface area contributed by atoms with Crippen LogP contribution in [0.5, 0.6) is 0 Å². The highest BCUT2D eigenvalue weighted by Gasteiger charge is 2.19. The maximum atomic E-state index is 13.3. The number of benzene rings is 1. The molecule has 0 bridgehead atoms. The number of thioether (sulfide) groups is 1. The van der Waals surface area contributed by atoms with Crippen molar-refractivity contribution in [1.82, 2.24) is 0 Å². The van der Waals surface area contributed by atoms with Gasteiger partial charge in [-0.25, -0.2) is 13.2 Å². The maximum Gasteiger partial charge on any atom is 0.194 e. The van der Waals surface area contributed by atoms with Gasteiger partial charge in [-0.2, -0.15) is 11.8 Å². The van der Waals surface area contributed by atoms with Crippen molar-refractivity contribution in [3.05, 3.63) is 35.1 Å². The molecule has 0 heterocycles. The van der Waals surface area contributed by atoms with E-state index < -0.39 is 23.6 Å². The molecule has 1 unspecified atom stereocenters. The molecular weight excluding hydrogens is 249 g/mol. The Balaban J connectivity index is 2.69. The fraction of sp³-hybridized carbons (Fsp3) is 0.500. The second-order valence-corrected chi connectivity index (χ2v) is 5.29. The fourth-order valence-electron chi connectivity index (χ4n) is 1.30. The Morgan fingerprint density at radius 1 is 1.12 bits per heavy atom. The maximum absolute atomic E-state index is 13.3. The first-order valence-electron chi connectivity index (χ1n) is 5.32. The summed E-state index contributed by atoms with van der Waals surface area (Å²) >= 11 is 1.45. The summed E-state index contributed by atoms with van der Waals surface area (Å²) in [6.07, 6.45) is -1.12. The zero-order valence-corrected chi connectivity index (χ0v) is 10.5. The molecule has 96 valence electrons. The molecule has 0 amide bonds. The van der Waals surface area contributed by atoms with Crippen LogP contribution in [-0.2, 0) is 0 Å². The Kier molecular flexibility index (Phi) is 5.33. The molecular formula is C12H15F3OS. The van der Waals surface area contributed by atoms with Gasteiger partial charge in [0, 0.05) is 11.3 Å². The lowest BCUT2D eigenvalue weighted by molar-refractivity contribution is 0.197. The van der Waals surface area contributed by atoms with Crippen LogP contribution in [0.2, 0.25) is 0 Å². The van der Waals surface area contributed by atoms with Crippen molar-refractivity contribution in [2.24, 2.45) is 5.92 Å². The third-order valence-electron chi connectivity index (χ3n) is 2.15. The second kappa shape index (κ2) is 6.31. The predicted octanol–water partition coefficient (Wildman–Crippen LogP) is 3.53. The lowest BCUT2D eigenvalue weighted by Crippen LogP contribution is -2.07. The highest BCUT2D eigenvalue weighted by atomic mass is 32.2. The van der Waals surface area contributed by atoms with E-state index >= 15 is 0 Å². The quantitative estimate of drug-likeness (QED) is 0.821. The van der Waals surface area contributed by atoms with Crippen molar-refractivity contribution in [3.63, 3.8) is 0 Å². The molecule has 0 spiro atoms. The van der Waals surface area contributed by atoms with E-state index in [0.717, 1.165) is 17.9 Å². The zero-order chi connectivity index (χ0) is 13.0. The van der Waals surface area contributed by atoms with Crippen LogP contribution in [0.1, 0.15) is 25.5 Å². The SMILES string of the molecule is CC(C)CSCC(O)c1ccc(F)c(F)c1F. The van der Waals surface area contributed by atoms with Crippen LogP contribution in [0.15, 0.2) is 12.1 Å². The molecule has 5 heteroatoms. The van der Waals surface area contributed by atoms with E-state index in [1.54, 1.807) is 0 Å². The van der Waals surface area contributed by atoms with Gasteiger partial charge in [-0.15, -0.1) is 0 Å². The summed E-state index contributed by atoms with van der Waals surface area (Å²) < 4.78 is 38.9. The highest BCUT2D eigenvalue weighted by molar-refractivity contribution is 7.99. The van der Waals surface area contributed by atoms with Gasteiger partial charge in [0.2, 0.25) is 0 Å².